The van der Waals surface area contributed by atoms with Gasteiger partial charge in [-0.3, -0.25) is 9.59 Å². The second-order valence-electron chi connectivity index (χ2n) is 6.34. The molecule has 2 N–H and O–H groups in total. The highest BCUT2D eigenvalue weighted by molar-refractivity contribution is 6.34. The van der Waals surface area contributed by atoms with E-state index in [4.69, 9.17) is 25.9 Å². The Morgan fingerprint density at radius 1 is 1.37 bits per heavy atom. The maximum Gasteiger partial charge on any atom is 0.264 e. The number of ether oxygens (including phenoxy) is 2. The average Bonchev–Trinajstić information content (AvgIpc) is 3.36. The van der Waals surface area contributed by atoms with Gasteiger partial charge in [0.25, 0.3) is 5.91 Å². The molecule has 0 bridgehead atoms. The van der Waals surface area contributed by atoms with Gasteiger partial charge < -0.3 is 24.9 Å². The van der Waals surface area contributed by atoms with Gasteiger partial charge in [0, 0.05) is 25.1 Å². The quantitative estimate of drug-likeness (QED) is 0.724. The molecule has 0 spiro atoms. The topological polar surface area (TPSA) is 98.3 Å². The van der Waals surface area contributed by atoms with E-state index in [9.17, 15) is 9.59 Å². The van der Waals surface area contributed by atoms with Gasteiger partial charge in [0.05, 0.1) is 30.5 Å². The Hall–Kier alpha value is -2.32. The minimum atomic E-state index is -0.798. The number of amides is 2. The van der Waals surface area contributed by atoms with E-state index in [0.717, 1.165) is 19.4 Å². The van der Waals surface area contributed by atoms with Crippen LogP contribution in [0, 0.1) is 0 Å². The van der Waals surface area contributed by atoms with Gasteiger partial charge in [-0.25, -0.2) is 0 Å². The molecule has 2 aliphatic heterocycles. The van der Waals surface area contributed by atoms with Crippen molar-refractivity contribution in [2.45, 2.75) is 31.5 Å². The number of rotatable bonds is 7. The summed E-state index contributed by atoms with van der Waals surface area (Å²) in [6.07, 6.45) is 1.47. The monoisotopic (exact) mass is 395 g/mol. The van der Waals surface area contributed by atoms with E-state index in [-0.39, 0.29) is 25.0 Å². The number of methoxy groups -OCH3 is 1. The summed E-state index contributed by atoms with van der Waals surface area (Å²) >= 11 is 6.20. The highest BCUT2D eigenvalue weighted by Crippen LogP contribution is 2.27. The number of carbonyl (C=O) groups excluding carboxylic acids is 2. The van der Waals surface area contributed by atoms with E-state index < -0.39 is 12.0 Å². The number of carbonyl (C=O) groups is 2. The molecule has 2 heterocycles. The first kappa shape index (κ1) is 19.4. The van der Waals surface area contributed by atoms with E-state index in [1.165, 1.54) is 0 Å². The zero-order chi connectivity index (χ0) is 19.2. The van der Waals surface area contributed by atoms with Crippen LogP contribution in [0.2, 0.25) is 5.02 Å². The predicted molar refractivity (Wildman–Crippen MR) is 99.0 cm³/mol. The second kappa shape index (κ2) is 9.05. The van der Waals surface area contributed by atoms with Gasteiger partial charge in [0.15, 0.2) is 0 Å². The van der Waals surface area contributed by atoms with Crippen LogP contribution in [0.4, 0.5) is 0 Å². The highest BCUT2D eigenvalue weighted by atomic mass is 35.5. The fraction of sp³-hybridized carbons (Fsp3) is 0.500. The molecule has 0 aliphatic carbocycles. The smallest absolute Gasteiger partial charge is 0.264 e. The van der Waals surface area contributed by atoms with Gasteiger partial charge in [-0.1, -0.05) is 16.8 Å². The van der Waals surface area contributed by atoms with Crippen LogP contribution in [0.1, 0.15) is 24.8 Å². The van der Waals surface area contributed by atoms with Gasteiger partial charge in [-0.2, -0.15) is 0 Å². The first-order valence-electron chi connectivity index (χ1n) is 8.79. The number of nitrogens with one attached hydrogen (secondary N) is 2. The summed E-state index contributed by atoms with van der Waals surface area (Å²) in [5.74, 6) is -0.0400. The number of hydrogen-bond donors (Lipinski definition) is 2. The molecule has 1 aromatic carbocycles. The largest absolute Gasteiger partial charge is 0.497 e. The van der Waals surface area contributed by atoms with Crippen LogP contribution in [0.3, 0.4) is 0 Å². The number of benzene rings is 1. The molecule has 2 aliphatic rings. The number of halogens is 1. The van der Waals surface area contributed by atoms with E-state index in [2.05, 4.69) is 15.8 Å². The minimum Gasteiger partial charge on any atom is -0.497 e. The molecule has 2 amide bonds. The molecular weight excluding hydrogens is 374 g/mol. The molecule has 2 atom stereocenters. The van der Waals surface area contributed by atoms with Crippen molar-refractivity contribution >= 4 is 29.1 Å². The van der Waals surface area contributed by atoms with E-state index >= 15 is 0 Å². The third-order valence-corrected chi connectivity index (χ3v) is 4.75. The Bertz CT molecular complexity index is 734. The molecule has 27 heavy (non-hydrogen) atoms. The molecule has 1 fully saturated rings. The van der Waals surface area contributed by atoms with Crippen LogP contribution in [0.15, 0.2) is 23.4 Å². The summed E-state index contributed by atoms with van der Waals surface area (Å²) in [5, 5.41) is 9.76. The molecule has 1 aromatic rings. The predicted octanol–water partition coefficient (Wildman–Crippen LogP) is 1.25. The van der Waals surface area contributed by atoms with Gasteiger partial charge >= 0.3 is 0 Å². The highest BCUT2D eigenvalue weighted by Gasteiger charge is 2.30. The van der Waals surface area contributed by atoms with Crippen LogP contribution in [-0.2, 0) is 19.2 Å². The van der Waals surface area contributed by atoms with E-state index in [0.29, 0.717) is 28.6 Å². The van der Waals surface area contributed by atoms with Crippen molar-refractivity contribution in [1.29, 1.82) is 0 Å². The van der Waals surface area contributed by atoms with Gasteiger partial charge in [0.1, 0.15) is 5.75 Å². The van der Waals surface area contributed by atoms with Gasteiger partial charge in [0.2, 0.25) is 12.0 Å². The summed E-state index contributed by atoms with van der Waals surface area (Å²) in [5.41, 5.74) is 1.21. The summed E-state index contributed by atoms with van der Waals surface area (Å²) in [6.45, 7) is 1.06. The summed E-state index contributed by atoms with van der Waals surface area (Å²) in [4.78, 5) is 29.3. The fourth-order valence-electron chi connectivity index (χ4n) is 2.91. The van der Waals surface area contributed by atoms with Crippen molar-refractivity contribution in [2.24, 2.45) is 5.16 Å². The molecule has 8 nitrogen and oxygen atoms in total. The average molecular weight is 396 g/mol. The number of oxime groups is 1. The molecule has 3 rings (SSSR count). The van der Waals surface area contributed by atoms with E-state index in [1.54, 1.807) is 25.3 Å². The van der Waals surface area contributed by atoms with Crippen LogP contribution in [0.5, 0.6) is 5.75 Å². The summed E-state index contributed by atoms with van der Waals surface area (Å²) in [7, 11) is 1.56. The van der Waals surface area contributed by atoms with Crippen LogP contribution in [0.25, 0.3) is 0 Å². The van der Waals surface area contributed by atoms with Crippen LogP contribution in [-0.4, -0.2) is 56.5 Å². The third kappa shape index (κ3) is 5.11. The molecule has 0 aromatic heterocycles. The lowest BCUT2D eigenvalue weighted by Gasteiger charge is -2.12. The van der Waals surface area contributed by atoms with Crippen LogP contribution >= 0.6 is 11.6 Å². The molecule has 1 saturated heterocycles. The summed E-state index contributed by atoms with van der Waals surface area (Å²) < 4.78 is 10.6. The van der Waals surface area contributed by atoms with Crippen molar-refractivity contribution in [3.63, 3.8) is 0 Å². The Morgan fingerprint density at radius 2 is 2.22 bits per heavy atom. The first-order valence-corrected chi connectivity index (χ1v) is 9.17. The van der Waals surface area contributed by atoms with Gasteiger partial charge in [-0.15, -0.1) is 0 Å². The second-order valence-corrected chi connectivity index (χ2v) is 6.75. The SMILES string of the molecule is COc1ccc(Cl)c(C2=NOC(C(=O)NCC(=O)NCC3CCCO3)C2)c1. The first-order chi connectivity index (χ1) is 13.1. The Morgan fingerprint density at radius 3 is 2.96 bits per heavy atom. The van der Waals surface area contributed by atoms with Gasteiger partial charge in [-0.05, 0) is 31.0 Å². The van der Waals surface area contributed by atoms with Crippen molar-refractivity contribution in [1.82, 2.24) is 10.6 Å². The third-order valence-electron chi connectivity index (χ3n) is 4.42. The van der Waals surface area contributed by atoms with Crippen molar-refractivity contribution in [3.05, 3.63) is 28.8 Å². The van der Waals surface area contributed by atoms with Crippen molar-refractivity contribution < 1.29 is 23.9 Å². The standard InChI is InChI=1S/C18H22ClN3O5/c1-25-11-4-5-14(19)13(7-11)15-8-16(27-22-15)18(24)21-10-17(23)20-9-12-3-2-6-26-12/h4-5,7,12,16H,2-3,6,8-10H2,1H3,(H,20,23)(H,21,24). The number of nitrogens with zero attached hydrogens (tertiary/aromatic N) is 1. The maximum atomic E-state index is 12.2. The fourth-order valence-corrected chi connectivity index (χ4v) is 3.13. The van der Waals surface area contributed by atoms with Crippen molar-refractivity contribution in [2.75, 3.05) is 26.8 Å². The normalized spacial score (nSPS) is 21.3. The van der Waals surface area contributed by atoms with E-state index in [1.807, 2.05) is 0 Å². The Labute approximate surface area is 162 Å². The molecule has 2 unspecified atom stereocenters. The molecule has 146 valence electrons. The maximum absolute atomic E-state index is 12.2. The zero-order valence-corrected chi connectivity index (χ0v) is 15.8. The molecular formula is C18H22ClN3O5. The lowest BCUT2D eigenvalue weighted by atomic mass is 10.0. The molecule has 0 saturated carbocycles. The minimum absolute atomic E-state index is 0.0615. The summed E-state index contributed by atoms with van der Waals surface area (Å²) in [6, 6.07) is 5.18. The Balaban J connectivity index is 1.45. The van der Waals surface area contributed by atoms with Crippen LogP contribution < -0.4 is 15.4 Å². The zero-order valence-electron chi connectivity index (χ0n) is 15.0. The Kier molecular flexibility index (Phi) is 6.52. The lowest BCUT2D eigenvalue weighted by Crippen LogP contribution is -2.43. The molecule has 9 heteroatoms. The lowest BCUT2D eigenvalue weighted by molar-refractivity contribution is -0.133. The number of hydrogen-bond acceptors (Lipinski definition) is 6. The van der Waals surface area contributed by atoms with Crippen molar-refractivity contribution in [3.8, 4) is 5.75 Å². The molecule has 0 radical (unpaired) electrons.